The van der Waals surface area contributed by atoms with E-state index >= 15 is 0 Å². The highest BCUT2D eigenvalue weighted by atomic mass is 16.5. The molecule has 1 amide bonds. The van der Waals surface area contributed by atoms with Gasteiger partial charge in [-0.2, -0.15) is 5.10 Å². The summed E-state index contributed by atoms with van der Waals surface area (Å²) in [4.78, 5) is 25.9. The number of morpholine rings is 1. The molecule has 1 aromatic heterocycles. The summed E-state index contributed by atoms with van der Waals surface area (Å²) < 4.78 is 6.65. The van der Waals surface area contributed by atoms with Crippen molar-refractivity contribution >= 4 is 23.3 Å². The molecule has 2 heterocycles. The minimum absolute atomic E-state index is 0.272. The van der Waals surface area contributed by atoms with Gasteiger partial charge in [0, 0.05) is 30.5 Å². The molecule has 8 nitrogen and oxygen atoms in total. The van der Waals surface area contributed by atoms with Crippen LogP contribution in [0.25, 0.3) is 0 Å². The molecule has 1 saturated heterocycles. The molecule has 1 aliphatic heterocycles. The van der Waals surface area contributed by atoms with Crippen molar-refractivity contribution < 1.29 is 19.4 Å². The van der Waals surface area contributed by atoms with Crippen LogP contribution in [0.4, 0.5) is 11.4 Å². The van der Waals surface area contributed by atoms with Crippen molar-refractivity contribution in [3.05, 3.63) is 42.2 Å². The van der Waals surface area contributed by atoms with E-state index in [0.29, 0.717) is 24.5 Å². The average molecular weight is 358 g/mol. The lowest BCUT2D eigenvalue weighted by Crippen LogP contribution is -2.36. The molecule has 0 saturated carbocycles. The summed E-state index contributed by atoms with van der Waals surface area (Å²) in [6.07, 6.45) is 2.94. The first-order chi connectivity index (χ1) is 12.4. The van der Waals surface area contributed by atoms with E-state index in [0.717, 1.165) is 18.8 Å². The number of benzene rings is 1. The zero-order valence-electron chi connectivity index (χ0n) is 14.8. The molecule has 26 heavy (non-hydrogen) atoms. The lowest BCUT2D eigenvalue weighted by Gasteiger charge is -2.28. The zero-order valence-corrected chi connectivity index (χ0v) is 14.8. The number of aromatic nitrogens is 2. The van der Waals surface area contributed by atoms with Crippen LogP contribution >= 0.6 is 0 Å². The van der Waals surface area contributed by atoms with Crippen LogP contribution in [0.1, 0.15) is 24.2 Å². The van der Waals surface area contributed by atoms with Gasteiger partial charge in [-0.05, 0) is 38.1 Å². The molecule has 8 heteroatoms. The third kappa shape index (κ3) is 3.70. The predicted octanol–water partition coefficient (Wildman–Crippen LogP) is 1.79. The smallest absolute Gasteiger partial charge is 0.331 e. The maximum Gasteiger partial charge on any atom is 0.331 e. The highest BCUT2D eigenvalue weighted by Crippen LogP contribution is 2.19. The van der Waals surface area contributed by atoms with Crippen LogP contribution in [-0.2, 0) is 15.1 Å². The molecule has 0 atom stereocenters. The number of nitrogens with zero attached hydrogens (tertiary/aromatic N) is 3. The van der Waals surface area contributed by atoms with Gasteiger partial charge in [0.25, 0.3) is 5.91 Å². The second-order valence-corrected chi connectivity index (χ2v) is 6.64. The molecule has 2 aromatic rings. The number of carbonyl (C=O) groups is 2. The Hall–Kier alpha value is -2.87. The van der Waals surface area contributed by atoms with Crippen LogP contribution in [0.5, 0.6) is 0 Å². The second kappa shape index (κ2) is 7.17. The highest BCUT2D eigenvalue weighted by Gasteiger charge is 2.30. The zero-order chi connectivity index (χ0) is 18.7. The highest BCUT2D eigenvalue weighted by molar-refractivity contribution is 6.04. The van der Waals surface area contributed by atoms with Crippen LogP contribution in [0.15, 0.2) is 36.7 Å². The molecule has 0 bridgehead atoms. The number of anilines is 2. The van der Waals surface area contributed by atoms with E-state index in [1.54, 1.807) is 12.1 Å². The molecule has 0 unspecified atom stereocenters. The van der Waals surface area contributed by atoms with E-state index < -0.39 is 11.5 Å². The maximum atomic E-state index is 12.4. The summed E-state index contributed by atoms with van der Waals surface area (Å²) in [6.45, 7) is 6.17. The Labute approximate surface area is 151 Å². The molecule has 1 aliphatic rings. The number of carboxylic acids is 1. The fourth-order valence-electron chi connectivity index (χ4n) is 2.64. The van der Waals surface area contributed by atoms with Gasteiger partial charge >= 0.3 is 5.97 Å². The lowest BCUT2D eigenvalue weighted by molar-refractivity contribution is -0.146. The predicted molar refractivity (Wildman–Crippen MR) is 96.6 cm³/mol. The number of rotatable bonds is 5. The molecule has 2 N–H and O–H groups in total. The molecule has 0 radical (unpaired) electrons. The molecular weight excluding hydrogens is 336 g/mol. The first-order valence-corrected chi connectivity index (χ1v) is 8.40. The van der Waals surface area contributed by atoms with E-state index in [1.165, 1.54) is 30.9 Å². The Bertz CT molecular complexity index is 792. The fraction of sp³-hybridized carbons (Fsp3) is 0.389. The summed E-state index contributed by atoms with van der Waals surface area (Å²) in [6, 6.07) is 7.37. The molecule has 1 fully saturated rings. The summed E-state index contributed by atoms with van der Waals surface area (Å²) in [5.74, 6) is -1.27. The van der Waals surface area contributed by atoms with Crippen LogP contribution in [-0.4, -0.2) is 53.1 Å². The number of ether oxygens (including phenoxy) is 1. The molecule has 138 valence electrons. The van der Waals surface area contributed by atoms with Crippen molar-refractivity contribution in [2.75, 3.05) is 36.5 Å². The third-order valence-corrected chi connectivity index (χ3v) is 4.44. The molecule has 0 spiro atoms. The summed E-state index contributed by atoms with van der Waals surface area (Å²) in [7, 11) is 0. The first kappa shape index (κ1) is 17.9. The van der Waals surface area contributed by atoms with Gasteiger partial charge in [0.15, 0.2) is 5.54 Å². The van der Waals surface area contributed by atoms with Crippen molar-refractivity contribution in [1.29, 1.82) is 0 Å². The van der Waals surface area contributed by atoms with E-state index in [2.05, 4.69) is 15.3 Å². The monoisotopic (exact) mass is 358 g/mol. The largest absolute Gasteiger partial charge is 0.479 e. The van der Waals surface area contributed by atoms with Crippen molar-refractivity contribution in [3.8, 4) is 0 Å². The topological polar surface area (TPSA) is 96.7 Å². The standard InChI is InChI=1S/C18H22N4O4/c1-18(2,17(24)25)22-12-14(11-19-22)20-16(23)13-3-5-15(6-4-13)21-7-9-26-10-8-21/h3-6,11-12H,7-10H2,1-2H3,(H,20,23)(H,24,25). The van der Waals surface area contributed by atoms with Crippen LogP contribution < -0.4 is 10.2 Å². The number of amides is 1. The van der Waals surface area contributed by atoms with Crippen LogP contribution in [0.2, 0.25) is 0 Å². The third-order valence-electron chi connectivity index (χ3n) is 4.44. The van der Waals surface area contributed by atoms with Crippen molar-refractivity contribution in [3.63, 3.8) is 0 Å². The van der Waals surface area contributed by atoms with Crippen molar-refractivity contribution in [2.45, 2.75) is 19.4 Å². The molecule has 0 aliphatic carbocycles. The lowest BCUT2D eigenvalue weighted by atomic mass is 10.1. The van der Waals surface area contributed by atoms with E-state index in [-0.39, 0.29) is 5.91 Å². The minimum atomic E-state index is -1.19. The van der Waals surface area contributed by atoms with E-state index in [1.807, 2.05) is 12.1 Å². The number of carbonyl (C=O) groups excluding carboxylic acids is 1. The minimum Gasteiger partial charge on any atom is -0.479 e. The Morgan fingerprint density at radius 3 is 2.46 bits per heavy atom. The Balaban J connectivity index is 1.67. The first-order valence-electron chi connectivity index (χ1n) is 8.40. The molecular formula is C18H22N4O4. The maximum absolute atomic E-state index is 12.4. The number of nitrogens with one attached hydrogen (secondary N) is 1. The Morgan fingerprint density at radius 2 is 1.85 bits per heavy atom. The van der Waals surface area contributed by atoms with Gasteiger partial charge in [0.05, 0.1) is 25.1 Å². The molecule has 1 aromatic carbocycles. The SMILES string of the molecule is CC(C)(C(=O)O)n1cc(NC(=O)c2ccc(N3CCOCC3)cc2)cn1. The van der Waals surface area contributed by atoms with Crippen LogP contribution in [0.3, 0.4) is 0 Å². The van der Waals surface area contributed by atoms with Gasteiger partial charge in [-0.15, -0.1) is 0 Å². The average Bonchev–Trinajstić information content (AvgIpc) is 3.11. The van der Waals surface area contributed by atoms with E-state index in [9.17, 15) is 14.7 Å². The second-order valence-electron chi connectivity index (χ2n) is 6.64. The van der Waals surface area contributed by atoms with Gasteiger partial charge in [-0.3, -0.25) is 9.48 Å². The quantitative estimate of drug-likeness (QED) is 0.846. The number of carboxylic acid groups (broad SMARTS) is 1. The summed E-state index contributed by atoms with van der Waals surface area (Å²) in [5.41, 5.74) is 0.831. The van der Waals surface area contributed by atoms with Gasteiger partial charge in [-0.1, -0.05) is 0 Å². The van der Waals surface area contributed by atoms with Crippen LogP contribution in [0, 0.1) is 0 Å². The van der Waals surface area contributed by atoms with Gasteiger partial charge < -0.3 is 20.1 Å². The number of hydrogen-bond donors (Lipinski definition) is 2. The van der Waals surface area contributed by atoms with E-state index in [4.69, 9.17) is 4.74 Å². The van der Waals surface area contributed by atoms with Gasteiger partial charge in [0.2, 0.25) is 0 Å². The summed E-state index contributed by atoms with van der Waals surface area (Å²) in [5, 5.41) is 16.0. The Kier molecular flexibility index (Phi) is 4.94. The van der Waals surface area contributed by atoms with Gasteiger partial charge in [-0.25, -0.2) is 4.79 Å². The molecule has 3 rings (SSSR count). The number of hydrogen-bond acceptors (Lipinski definition) is 5. The van der Waals surface area contributed by atoms with Crippen molar-refractivity contribution in [2.24, 2.45) is 0 Å². The van der Waals surface area contributed by atoms with Gasteiger partial charge in [0.1, 0.15) is 0 Å². The van der Waals surface area contributed by atoms with Crippen molar-refractivity contribution in [1.82, 2.24) is 9.78 Å². The summed E-state index contributed by atoms with van der Waals surface area (Å²) >= 11 is 0. The fourth-order valence-corrected chi connectivity index (χ4v) is 2.64. The normalized spacial score (nSPS) is 14.9. The Morgan fingerprint density at radius 1 is 1.19 bits per heavy atom. The number of aliphatic carboxylic acids is 1.